The third-order valence-corrected chi connectivity index (χ3v) is 5.12. The van der Waals surface area contributed by atoms with E-state index in [0.717, 1.165) is 21.5 Å². The Morgan fingerprint density at radius 1 is 1.13 bits per heavy atom. The number of rotatable bonds is 3. The molecule has 0 aliphatic carbocycles. The highest BCUT2D eigenvalue weighted by atomic mass is 79.9. The van der Waals surface area contributed by atoms with Crippen molar-refractivity contribution >= 4 is 61.9 Å². The normalized spacial score (nSPS) is 16.3. The van der Waals surface area contributed by atoms with Crippen LogP contribution in [-0.4, -0.2) is 17.3 Å². The van der Waals surface area contributed by atoms with Crippen molar-refractivity contribution in [2.24, 2.45) is 0 Å². The molecule has 0 N–H and O–H groups in total. The SMILES string of the molecule is COc1ccc(N2C(=O)C(=Cc3ccc(Br)cc3)SC2=S)cc1. The van der Waals surface area contributed by atoms with Crippen LogP contribution in [0.25, 0.3) is 6.08 Å². The summed E-state index contributed by atoms with van der Waals surface area (Å²) in [5, 5.41) is 0. The van der Waals surface area contributed by atoms with Gasteiger partial charge in [0.2, 0.25) is 0 Å². The van der Waals surface area contributed by atoms with Crippen LogP contribution in [0.15, 0.2) is 57.9 Å². The third-order valence-electron chi connectivity index (χ3n) is 3.29. The van der Waals surface area contributed by atoms with Crippen LogP contribution < -0.4 is 9.64 Å². The summed E-state index contributed by atoms with van der Waals surface area (Å²) in [5.41, 5.74) is 1.70. The fourth-order valence-electron chi connectivity index (χ4n) is 2.13. The molecule has 1 aliphatic heterocycles. The molecule has 0 bridgehead atoms. The van der Waals surface area contributed by atoms with E-state index in [-0.39, 0.29) is 5.91 Å². The van der Waals surface area contributed by atoms with E-state index in [9.17, 15) is 4.79 Å². The number of carbonyl (C=O) groups excluding carboxylic acids is 1. The van der Waals surface area contributed by atoms with Crippen molar-refractivity contribution in [1.29, 1.82) is 0 Å². The Morgan fingerprint density at radius 2 is 1.78 bits per heavy atom. The van der Waals surface area contributed by atoms with Crippen LogP contribution in [0.4, 0.5) is 5.69 Å². The molecule has 1 aliphatic rings. The summed E-state index contributed by atoms with van der Waals surface area (Å²) < 4.78 is 6.67. The molecule has 0 saturated carbocycles. The Hall–Kier alpha value is -1.63. The van der Waals surface area contributed by atoms with Crippen molar-refractivity contribution < 1.29 is 9.53 Å². The summed E-state index contributed by atoms with van der Waals surface area (Å²) in [4.78, 5) is 14.8. The van der Waals surface area contributed by atoms with E-state index < -0.39 is 0 Å². The number of anilines is 1. The summed E-state index contributed by atoms with van der Waals surface area (Å²) in [5.74, 6) is 0.637. The predicted molar refractivity (Wildman–Crippen MR) is 103 cm³/mol. The quantitative estimate of drug-likeness (QED) is 0.538. The molecule has 3 nitrogen and oxygen atoms in total. The van der Waals surface area contributed by atoms with Gasteiger partial charge in [-0.15, -0.1) is 0 Å². The van der Waals surface area contributed by atoms with Gasteiger partial charge in [0.05, 0.1) is 17.7 Å². The van der Waals surface area contributed by atoms with E-state index in [1.807, 2.05) is 54.6 Å². The fraction of sp³-hybridized carbons (Fsp3) is 0.0588. The maximum absolute atomic E-state index is 12.7. The topological polar surface area (TPSA) is 29.5 Å². The number of thioether (sulfide) groups is 1. The summed E-state index contributed by atoms with van der Waals surface area (Å²) in [6.07, 6.45) is 1.86. The van der Waals surface area contributed by atoms with Crippen LogP contribution in [-0.2, 0) is 4.79 Å². The molecule has 0 radical (unpaired) electrons. The van der Waals surface area contributed by atoms with E-state index in [0.29, 0.717) is 9.23 Å². The number of amides is 1. The average Bonchev–Trinajstić information content (AvgIpc) is 2.84. The second kappa shape index (κ2) is 6.86. The molecule has 0 spiro atoms. The van der Waals surface area contributed by atoms with Gasteiger partial charge in [0.25, 0.3) is 5.91 Å². The zero-order valence-corrected chi connectivity index (χ0v) is 15.4. The van der Waals surface area contributed by atoms with Gasteiger partial charge in [-0.25, -0.2) is 0 Å². The first kappa shape index (κ1) is 16.2. The molecule has 0 aromatic heterocycles. The average molecular weight is 406 g/mol. The predicted octanol–water partition coefficient (Wildman–Crippen LogP) is 4.86. The van der Waals surface area contributed by atoms with Crippen LogP contribution in [0.3, 0.4) is 0 Å². The summed E-state index contributed by atoms with van der Waals surface area (Å²) >= 11 is 10.1. The lowest BCUT2D eigenvalue weighted by Crippen LogP contribution is -2.27. The first-order chi connectivity index (χ1) is 11.1. The minimum absolute atomic E-state index is 0.104. The zero-order valence-electron chi connectivity index (χ0n) is 12.2. The molecule has 6 heteroatoms. The standard InChI is InChI=1S/C17H12BrNO2S2/c1-21-14-8-6-13(7-9-14)19-16(20)15(23-17(19)22)10-11-2-4-12(18)5-3-11/h2-10H,1H3. The van der Waals surface area contributed by atoms with Crippen LogP contribution in [0, 0.1) is 0 Å². The van der Waals surface area contributed by atoms with Gasteiger partial charge in [0, 0.05) is 4.47 Å². The number of hydrogen-bond donors (Lipinski definition) is 0. The molecule has 23 heavy (non-hydrogen) atoms. The minimum Gasteiger partial charge on any atom is -0.497 e. The van der Waals surface area contributed by atoms with Gasteiger partial charge in [0.1, 0.15) is 5.75 Å². The largest absolute Gasteiger partial charge is 0.497 e. The monoisotopic (exact) mass is 405 g/mol. The maximum Gasteiger partial charge on any atom is 0.270 e. The van der Waals surface area contributed by atoms with Crippen molar-refractivity contribution in [1.82, 2.24) is 0 Å². The first-order valence-electron chi connectivity index (χ1n) is 6.76. The van der Waals surface area contributed by atoms with Crippen molar-refractivity contribution in [2.75, 3.05) is 12.0 Å². The smallest absolute Gasteiger partial charge is 0.270 e. The highest BCUT2D eigenvalue weighted by Crippen LogP contribution is 2.36. The Morgan fingerprint density at radius 3 is 2.39 bits per heavy atom. The highest BCUT2D eigenvalue weighted by molar-refractivity contribution is 9.10. The molecular weight excluding hydrogens is 394 g/mol. The van der Waals surface area contributed by atoms with E-state index in [1.54, 1.807) is 12.0 Å². The molecule has 2 aromatic rings. The van der Waals surface area contributed by atoms with Gasteiger partial charge < -0.3 is 4.74 Å². The molecule has 1 fully saturated rings. The van der Waals surface area contributed by atoms with Crippen LogP contribution in [0.2, 0.25) is 0 Å². The van der Waals surface area contributed by atoms with Crippen LogP contribution >= 0.6 is 39.9 Å². The molecular formula is C17H12BrNO2S2. The molecule has 1 heterocycles. The second-order valence-corrected chi connectivity index (χ2v) is 7.36. The second-order valence-electron chi connectivity index (χ2n) is 4.77. The van der Waals surface area contributed by atoms with Gasteiger partial charge in [0.15, 0.2) is 4.32 Å². The number of methoxy groups -OCH3 is 1. The first-order valence-corrected chi connectivity index (χ1v) is 8.78. The zero-order chi connectivity index (χ0) is 16.4. The van der Waals surface area contributed by atoms with Crippen molar-refractivity contribution in [3.8, 4) is 5.75 Å². The molecule has 0 unspecified atom stereocenters. The van der Waals surface area contributed by atoms with Crippen molar-refractivity contribution in [3.63, 3.8) is 0 Å². The van der Waals surface area contributed by atoms with Crippen molar-refractivity contribution in [3.05, 3.63) is 63.5 Å². The van der Waals surface area contributed by atoms with E-state index in [4.69, 9.17) is 17.0 Å². The number of nitrogens with zero attached hydrogens (tertiary/aromatic N) is 1. The van der Waals surface area contributed by atoms with Crippen LogP contribution in [0.1, 0.15) is 5.56 Å². The van der Waals surface area contributed by atoms with Crippen LogP contribution in [0.5, 0.6) is 5.75 Å². The lowest BCUT2D eigenvalue weighted by Gasteiger charge is -2.14. The van der Waals surface area contributed by atoms with E-state index in [1.165, 1.54) is 11.8 Å². The van der Waals surface area contributed by atoms with Gasteiger partial charge in [-0.1, -0.05) is 52.0 Å². The fourth-order valence-corrected chi connectivity index (χ4v) is 3.70. The summed E-state index contributed by atoms with van der Waals surface area (Å²) in [6.45, 7) is 0. The minimum atomic E-state index is -0.104. The summed E-state index contributed by atoms with van der Waals surface area (Å²) in [6, 6.07) is 15.1. The number of hydrogen-bond acceptors (Lipinski definition) is 4. The summed E-state index contributed by atoms with van der Waals surface area (Å²) in [7, 11) is 1.61. The third kappa shape index (κ3) is 3.49. The van der Waals surface area contributed by atoms with Gasteiger partial charge >= 0.3 is 0 Å². The number of carbonyl (C=O) groups is 1. The number of ether oxygens (including phenoxy) is 1. The Kier molecular flexibility index (Phi) is 4.84. The molecule has 0 atom stereocenters. The maximum atomic E-state index is 12.7. The number of thiocarbonyl (C=S) groups is 1. The molecule has 1 amide bonds. The lowest BCUT2D eigenvalue weighted by atomic mass is 10.2. The van der Waals surface area contributed by atoms with E-state index >= 15 is 0 Å². The molecule has 3 rings (SSSR count). The molecule has 116 valence electrons. The van der Waals surface area contributed by atoms with Gasteiger partial charge in [-0.3, -0.25) is 9.69 Å². The van der Waals surface area contributed by atoms with E-state index in [2.05, 4.69) is 15.9 Å². The molecule has 1 saturated heterocycles. The Balaban J connectivity index is 1.88. The highest BCUT2D eigenvalue weighted by Gasteiger charge is 2.33. The van der Waals surface area contributed by atoms with Crippen molar-refractivity contribution in [2.45, 2.75) is 0 Å². The van der Waals surface area contributed by atoms with Gasteiger partial charge in [-0.2, -0.15) is 0 Å². The lowest BCUT2D eigenvalue weighted by molar-refractivity contribution is -0.113. The number of benzene rings is 2. The Bertz CT molecular complexity index is 785. The number of halogens is 1. The molecule has 2 aromatic carbocycles. The van der Waals surface area contributed by atoms with Gasteiger partial charge in [-0.05, 0) is 48.0 Å². The Labute approximate surface area is 152 Å².